The topological polar surface area (TPSA) is 44.9 Å². The van der Waals surface area contributed by atoms with Crippen molar-refractivity contribution in [1.82, 2.24) is 10.3 Å². The third-order valence-corrected chi connectivity index (χ3v) is 5.81. The van der Waals surface area contributed by atoms with E-state index < -0.39 is 0 Å². The van der Waals surface area contributed by atoms with Gasteiger partial charge in [0.2, 0.25) is 0 Å². The molecule has 0 atom stereocenters. The number of carbonyl (C=O) groups excluding carboxylic acids is 1. The van der Waals surface area contributed by atoms with Gasteiger partial charge in [0.1, 0.15) is 5.69 Å². The molecule has 4 rings (SSSR count). The fourth-order valence-corrected chi connectivity index (χ4v) is 4.35. The predicted molar refractivity (Wildman–Crippen MR) is 116 cm³/mol. The van der Waals surface area contributed by atoms with Gasteiger partial charge in [0.05, 0.1) is 4.90 Å². The minimum atomic E-state index is -0.132. The first-order valence-electron chi connectivity index (χ1n) is 8.98. The first kappa shape index (κ1) is 18.7. The number of aryl methyl sites for hydroxylation is 1. The number of H-pyrrole nitrogens is 1. The summed E-state index contributed by atoms with van der Waals surface area (Å²) in [4.78, 5) is 18.3. The van der Waals surface area contributed by atoms with Crippen LogP contribution in [0.3, 0.4) is 0 Å². The number of nitrogens with one attached hydrogen (secondary N) is 2. The highest BCUT2D eigenvalue weighted by Crippen LogP contribution is 2.37. The van der Waals surface area contributed by atoms with E-state index in [2.05, 4.69) is 28.5 Å². The molecule has 28 heavy (non-hydrogen) atoms. The van der Waals surface area contributed by atoms with Crippen molar-refractivity contribution in [2.24, 2.45) is 0 Å². The summed E-state index contributed by atoms with van der Waals surface area (Å²) in [6.07, 6.45) is 0. The fraction of sp³-hybridized carbons (Fsp3) is 0.0870. The first-order valence-corrected chi connectivity index (χ1v) is 10.2. The molecule has 1 amide bonds. The van der Waals surface area contributed by atoms with E-state index in [4.69, 9.17) is 11.6 Å². The van der Waals surface area contributed by atoms with Gasteiger partial charge in [0, 0.05) is 27.4 Å². The number of amides is 1. The van der Waals surface area contributed by atoms with Gasteiger partial charge in [-0.25, -0.2) is 0 Å². The van der Waals surface area contributed by atoms with E-state index in [0.29, 0.717) is 17.3 Å². The molecule has 0 radical (unpaired) electrons. The Balaban J connectivity index is 1.66. The number of carbonyl (C=O) groups is 1. The molecule has 0 fully saturated rings. The number of aromatic nitrogens is 1. The Labute approximate surface area is 173 Å². The van der Waals surface area contributed by atoms with Crippen LogP contribution in [-0.2, 0) is 6.54 Å². The highest BCUT2D eigenvalue weighted by Gasteiger charge is 2.19. The van der Waals surface area contributed by atoms with Crippen molar-refractivity contribution in [2.45, 2.75) is 23.3 Å². The summed E-state index contributed by atoms with van der Waals surface area (Å²) in [6.45, 7) is 2.46. The number of halogens is 1. The summed E-state index contributed by atoms with van der Waals surface area (Å²) in [6, 6.07) is 23.8. The van der Waals surface area contributed by atoms with Crippen LogP contribution in [0.5, 0.6) is 0 Å². The van der Waals surface area contributed by atoms with Gasteiger partial charge in [0.15, 0.2) is 0 Å². The van der Waals surface area contributed by atoms with Gasteiger partial charge in [-0.1, -0.05) is 65.8 Å². The average molecular weight is 407 g/mol. The van der Waals surface area contributed by atoms with Crippen molar-refractivity contribution < 1.29 is 4.79 Å². The summed E-state index contributed by atoms with van der Waals surface area (Å²) >= 11 is 7.63. The summed E-state index contributed by atoms with van der Waals surface area (Å²) < 4.78 is 0. The van der Waals surface area contributed by atoms with Crippen molar-refractivity contribution in [2.75, 3.05) is 0 Å². The summed E-state index contributed by atoms with van der Waals surface area (Å²) in [5, 5.41) is 4.71. The average Bonchev–Trinajstić information content (AvgIpc) is 3.04. The predicted octanol–water partition coefficient (Wildman–Crippen LogP) is 6.21. The molecule has 3 nitrogen and oxygen atoms in total. The van der Waals surface area contributed by atoms with Crippen LogP contribution in [0.2, 0.25) is 5.02 Å². The van der Waals surface area contributed by atoms with Crippen LogP contribution in [-0.4, -0.2) is 10.9 Å². The van der Waals surface area contributed by atoms with E-state index in [0.717, 1.165) is 31.8 Å². The molecule has 5 heteroatoms. The second kappa shape index (κ2) is 8.13. The van der Waals surface area contributed by atoms with Gasteiger partial charge in [0.25, 0.3) is 5.91 Å². The van der Waals surface area contributed by atoms with Gasteiger partial charge >= 0.3 is 0 Å². The van der Waals surface area contributed by atoms with E-state index in [1.807, 2.05) is 61.5 Å². The lowest BCUT2D eigenvalue weighted by Crippen LogP contribution is -2.23. The third kappa shape index (κ3) is 4.08. The fourth-order valence-electron chi connectivity index (χ4n) is 3.08. The highest BCUT2D eigenvalue weighted by molar-refractivity contribution is 7.99. The summed E-state index contributed by atoms with van der Waals surface area (Å²) in [5.74, 6) is -0.132. The van der Waals surface area contributed by atoms with Crippen LogP contribution < -0.4 is 5.32 Å². The van der Waals surface area contributed by atoms with Crippen molar-refractivity contribution in [1.29, 1.82) is 0 Å². The molecular weight excluding hydrogens is 388 g/mol. The van der Waals surface area contributed by atoms with Gasteiger partial charge in [-0.3, -0.25) is 4.79 Å². The molecule has 1 aromatic heterocycles. The Kier molecular flexibility index (Phi) is 5.42. The van der Waals surface area contributed by atoms with Crippen molar-refractivity contribution >= 4 is 40.2 Å². The molecule has 0 unspecified atom stereocenters. The third-order valence-electron chi connectivity index (χ3n) is 4.44. The normalized spacial score (nSPS) is 10.9. The number of aromatic amines is 1. The van der Waals surface area contributed by atoms with E-state index >= 15 is 0 Å². The lowest BCUT2D eigenvalue weighted by molar-refractivity contribution is 0.0944. The Morgan fingerprint density at radius 2 is 1.86 bits per heavy atom. The van der Waals surface area contributed by atoms with Crippen LogP contribution >= 0.6 is 23.4 Å². The van der Waals surface area contributed by atoms with Crippen molar-refractivity contribution in [3.05, 3.63) is 94.6 Å². The van der Waals surface area contributed by atoms with Crippen LogP contribution in [0, 0.1) is 6.92 Å². The lowest BCUT2D eigenvalue weighted by Gasteiger charge is -2.07. The lowest BCUT2D eigenvalue weighted by atomic mass is 10.2. The molecule has 3 aromatic carbocycles. The maximum atomic E-state index is 13.0. The Hall–Kier alpha value is -2.69. The number of rotatable bonds is 5. The molecule has 0 aliphatic heterocycles. The van der Waals surface area contributed by atoms with E-state index in [9.17, 15) is 4.79 Å². The van der Waals surface area contributed by atoms with Gasteiger partial charge in [-0.05, 0) is 48.4 Å². The number of hydrogen-bond acceptors (Lipinski definition) is 2. The van der Waals surface area contributed by atoms with Gasteiger partial charge in [-0.15, -0.1) is 0 Å². The molecule has 4 aromatic rings. The smallest absolute Gasteiger partial charge is 0.269 e. The molecule has 0 aliphatic rings. The number of fused-ring (bicyclic) bond motifs is 1. The minimum Gasteiger partial charge on any atom is -0.350 e. The molecule has 140 valence electrons. The highest BCUT2D eigenvalue weighted by atomic mass is 35.5. The molecule has 2 N–H and O–H groups in total. The second-order valence-corrected chi connectivity index (χ2v) is 8.13. The first-order chi connectivity index (χ1) is 13.6. The van der Waals surface area contributed by atoms with Crippen LogP contribution in [0.1, 0.15) is 21.6 Å². The second-order valence-electron chi connectivity index (χ2n) is 6.61. The number of hydrogen-bond donors (Lipinski definition) is 2. The van der Waals surface area contributed by atoms with Gasteiger partial charge < -0.3 is 10.3 Å². The molecule has 0 saturated heterocycles. The minimum absolute atomic E-state index is 0.132. The Bertz CT molecular complexity index is 1140. The SMILES string of the molecule is Cc1ccc2c(Sc3ccccc3)c(C(=O)NCc3cccc(Cl)c3)[nH]c2c1. The zero-order chi connectivity index (χ0) is 19.5. The van der Waals surface area contributed by atoms with Crippen LogP contribution in [0.25, 0.3) is 10.9 Å². The molecule has 0 saturated carbocycles. The van der Waals surface area contributed by atoms with Crippen LogP contribution in [0.4, 0.5) is 0 Å². The van der Waals surface area contributed by atoms with Crippen LogP contribution in [0.15, 0.2) is 82.6 Å². The monoisotopic (exact) mass is 406 g/mol. The van der Waals surface area contributed by atoms with Gasteiger partial charge in [-0.2, -0.15) is 0 Å². The number of benzene rings is 3. The zero-order valence-electron chi connectivity index (χ0n) is 15.3. The Morgan fingerprint density at radius 1 is 1.04 bits per heavy atom. The molecule has 1 heterocycles. The van der Waals surface area contributed by atoms with Crippen molar-refractivity contribution in [3.8, 4) is 0 Å². The zero-order valence-corrected chi connectivity index (χ0v) is 16.9. The van der Waals surface area contributed by atoms with E-state index in [-0.39, 0.29) is 5.91 Å². The van der Waals surface area contributed by atoms with E-state index in [1.54, 1.807) is 11.8 Å². The summed E-state index contributed by atoms with van der Waals surface area (Å²) in [5.41, 5.74) is 3.66. The summed E-state index contributed by atoms with van der Waals surface area (Å²) in [7, 11) is 0. The molecular formula is C23H19ClN2OS. The van der Waals surface area contributed by atoms with Crippen molar-refractivity contribution in [3.63, 3.8) is 0 Å². The Morgan fingerprint density at radius 3 is 2.64 bits per heavy atom. The van der Waals surface area contributed by atoms with E-state index in [1.165, 1.54) is 0 Å². The standard InChI is InChI=1S/C23H19ClN2OS/c1-15-10-11-19-20(12-15)26-21(22(19)28-18-8-3-2-4-9-18)23(27)25-14-16-6-5-7-17(24)13-16/h2-13,26H,14H2,1H3,(H,25,27). The maximum absolute atomic E-state index is 13.0. The largest absolute Gasteiger partial charge is 0.350 e. The molecule has 0 aliphatic carbocycles. The quantitative estimate of drug-likeness (QED) is 0.413. The molecule has 0 spiro atoms. The maximum Gasteiger partial charge on any atom is 0.269 e. The molecule has 0 bridgehead atoms.